The number of carbonyl (C=O) groups excluding carboxylic acids is 2. The summed E-state index contributed by atoms with van der Waals surface area (Å²) in [6.07, 6.45) is 0.276. The maximum Gasteiger partial charge on any atom is 0.326 e. The van der Waals surface area contributed by atoms with Gasteiger partial charge in [0.2, 0.25) is 5.91 Å². The van der Waals surface area contributed by atoms with Crippen LogP contribution in [0.5, 0.6) is 0 Å². The molecule has 0 fully saturated rings. The molecule has 98 valence electrons. The SMILES string of the molecule is CCNC(=O)C(C)NC(=O)NC(CC)C(=O)O. The van der Waals surface area contributed by atoms with Crippen LogP contribution in [0.4, 0.5) is 4.79 Å². The summed E-state index contributed by atoms with van der Waals surface area (Å²) in [6, 6.07) is -2.32. The average molecular weight is 245 g/mol. The third kappa shape index (κ3) is 5.74. The van der Waals surface area contributed by atoms with Crippen LogP contribution in [0.3, 0.4) is 0 Å². The van der Waals surface area contributed by atoms with Gasteiger partial charge in [-0.15, -0.1) is 0 Å². The molecule has 0 radical (unpaired) electrons. The highest BCUT2D eigenvalue weighted by Crippen LogP contribution is 1.91. The summed E-state index contributed by atoms with van der Waals surface area (Å²) in [5.74, 6) is -1.42. The molecular formula is C10H19N3O4. The van der Waals surface area contributed by atoms with Crippen LogP contribution in [-0.2, 0) is 9.59 Å². The van der Waals surface area contributed by atoms with Crippen LogP contribution in [0.2, 0.25) is 0 Å². The standard InChI is InChI=1S/C10H19N3O4/c1-4-7(9(15)16)13-10(17)12-6(3)8(14)11-5-2/h6-7H,4-5H2,1-3H3,(H,11,14)(H,15,16)(H2,12,13,17). The first-order valence-corrected chi connectivity index (χ1v) is 5.49. The number of nitrogens with one attached hydrogen (secondary N) is 3. The Hall–Kier alpha value is -1.79. The van der Waals surface area contributed by atoms with Crippen molar-refractivity contribution >= 4 is 17.9 Å². The van der Waals surface area contributed by atoms with E-state index in [1.807, 2.05) is 0 Å². The van der Waals surface area contributed by atoms with Gasteiger partial charge in [0.05, 0.1) is 0 Å². The van der Waals surface area contributed by atoms with Gasteiger partial charge in [0.15, 0.2) is 0 Å². The normalized spacial score (nSPS) is 13.4. The van der Waals surface area contributed by atoms with Gasteiger partial charge in [0.25, 0.3) is 0 Å². The number of rotatable bonds is 6. The number of carboxylic acids is 1. The van der Waals surface area contributed by atoms with Crippen molar-refractivity contribution in [2.75, 3.05) is 6.54 Å². The largest absolute Gasteiger partial charge is 0.480 e. The van der Waals surface area contributed by atoms with Crippen molar-refractivity contribution in [3.05, 3.63) is 0 Å². The summed E-state index contributed by atoms with van der Waals surface area (Å²) in [5.41, 5.74) is 0. The zero-order chi connectivity index (χ0) is 13.4. The van der Waals surface area contributed by atoms with Gasteiger partial charge >= 0.3 is 12.0 Å². The van der Waals surface area contributed by atoms with E-state index in [4.69, 9.17) is 5.11 Å². The van der Waals surface area contributed by atoms with E-state index in [-0.39, 0.29) is 12.3 Å². The average Bonchev–Trinajstić information content (AvgIpc) is 2.25. The van der Waals surface area contributed by atoms with E-state index in [9.17, 15) is 14.4 Å². The predicted molar refractivity (Wildman–Crippen MR) is 61.5 cm³/mol. The highest BCUT2D eigenvalue weighted by Gasteiger charge is 2.20. The minimum Gasteiger partial charge on any atom is -0.480 e. The molecule has 2 atom stereocenters. The Morgan fingerprint density at radius 2 is 1.76 bits per heavy atom. The Labute approximate surface area is 100.0 Å². The molecule has 0 aliphatic rings. The van der Waals surface area contributed by atoms with Crippen molar-refractivity contribution in [3.8, 4) is 0 Å². The molecule has 0 bridgehead atoms. The van der Waals surface area contributed by atoms with E-state index in [1.165, 1.54) is 6.92 Å². The molecule has 2 unspecified atom stereocenters. The van der Waals surface area contributed by atoms with Crippen molar-refractivity contribution in [2.24, 2.45) is 0 Å². The smallest absolute Gasteiger partial charge is 0.326 e. The van der Waals surface area contributed by atoms with Crippen molar-refractivity contribution in [1.82, 2.24) is 16.0 Å². The van der Waals surface area contributed by atoms with Gasteiger partial charge < -0.3 is 21.1 Å². The number of amides is 3. The Morgan fingerprint density at radius 3 is 2.18 bits per heavy atom. The summed E-state index contributed by atoms with van der Waals surface area (Å²) in [6.45, 7) is 5.40. The van der Waals surface area contributed by atoms with Crippen LogP contribution in [0, 0.1) is 0 Å². The van der Waals surface area contributed by atoms with Crippen LogP contribution >= 0.6 is 0 Å². The van der Waals surface area contributed by atoms with Crippen molar-refractivity contribution in [1.29, 1.82) is 0 Å². The minimum absolute atomic E-state index is 0.276. The van der Waals surface area contributed by atoms with E-state index in [0.717, 1.165) is 0 Å². The van der Waals surface area contributed by atoms with E-state index in [0.29, 0.717) is 6.54 Å². The molecule has 4 N–H and O–H groups in total. The predicted octanol–water partition coefficient (Wildman–Crippen LogP) is -0.327. The quantitative estimate of drug-likeness (QED) is 0.514. The summed E-state index contributed by atoms with van der Waals surface area (Å²) in [4.78, 5) is 33.3. The molecule has 0 aliphatic carbocycles. The number of hydrogen-bond donors (Lipinski definition) is 4. The van der Waals surface area contributed by atoms with Crippen molar-refractivity contribution < 1.29 is 19.5 Å². The Morgan fingerprint density at radius 1 is 1.18 bits per heavy atom. The second-order valence-corrected chi connectivity index (χ2v) is 3.53. The molecule has 0 saturated carbocycles. The van der Waals surface area contributed by atoms with Gasteiger partial charge in [-0.25, -0.2) is 9.59 Å². The zero-order valence-electron chi connectivity index (χ0n) is 10.2. The van der Waals surface area contributed by atoms with Crippen molar-refractivity contribution in [3.63, 3.8) is 0 Å². The zero-order valence-corrected chi connectivity index (χ0v) is 10.2. The van der Waals surface area contributed by atoms with Gasteiger partial charge in [-0.05, 0) is 20.3 Å². The summed E-state index contributed by atoms with van der Waals surface area (Å²) < 4.78 is 0. The monoisotopic (exact) mass is 245 g/mol. The third-order valence-corrected chi connectivity index (χ3v) is 2.10. The highest BCUT2D eigenvalue weighted by molar-refractivity contribution is 5.88. The molecule has 3 amide bonds. The van der Waals surface area contributed by atoms with Crippen LogP contribution in [0.15, 0.2) is 0 Å². The first-order valence-electron chi connectivity index (χ1n) is 5.49. The van der Waals surface area contributed by atoms with Gasteiger partial charge in [0, 0.05) is 6.54 Å². The molecular weight excluding hydrogens is 226 g/mol. The number of urea groups is 1. The summed E-state index contributed by atoms with van der Waals surface area (Å²) in [7, 11) is 0. The minimum atomic E-state index is -1.10. The van der Waals surface area contributed by atoms with Gasteiger partial charge in [-0.2, -0.15) is 0 Å². The first-order chi connectivity index (χ1) is 7.92. The number of hydrogen-bond acceptors (Lipinski definition) is 3. The molecule has 0 saturated heterocycles. The van der Waals surface area contributed by atoms with E-state index in [1.54, 1.807) is 13.8 Å². The van der Waals surface area contributed by atoms with Crippen LogP contribution in [0.1, 0.15) is 27.2 Å². The van der Waals surface area contributed by atoms with E-state index in [2.05, 4.69) is 16.0 Å². The maximum absolute atomic E-state index is 11.4. The van der Waals surface area contributed by atoms with E-state index >= 15 is 0 Å². The fourth-order valence-electron chi connectivity index (χ4n) is 1.13. The van der Waals surface area contributed by atoms with Gasteiger partial charge in [0.1, 0.15) is 12.1 Å². The van der Waals surface area contributed by atoms with Gasteiger partial charge in [-0.3, -0.25) is 4.79 Å². The lowest BCUT2D eigenvalue weighted by molar-refractivity contribution is -0.139. The first kappa shape index (κ1) is 15.2. The van der Waals surface area contributed by atoms with Crippen LogP contribution in [-0.4, -0.2) is 41.6 Å². The summed E-state index contributed by atoms with van der Waals surface area (Å²) >= 11 is 0. The highest BCUT2D eigenvalue weighted by atomic mass is 16.4. The molecule has 0 aromatic rings. The second kappa shape index (κ2) is 7.48. The molecule has 0 aromatic heterocycles. The molecule has 7 nitrogen and oxygen atoms in total. The summed E-state index contributed by atoms with van der Waals surface area (Å²) in [5, 5.41) is 15.9. The maximum atomic E-state index is 11.4. The molecule has 0 aliphatic heterocycles. The topological polar surface area (TPSA) is 108 Å². The molecule has 17 heavy (non-hydrogen) atoms. The number of aliphatic carboxylic acids is 1. The van der Waals surface area contributed by atoms with Gasteiger partial charge in [-0.1, -0.05) is 6.92 Å². The Kier molecular flexibility index (Phi) is 6.69. The lowest BCUT2D eigenvalue weighted by atomic mass is 10.2. The van der Waals surface area contributed by atoms with Crippen molar-refractivity contribution in [2.45, 2.75) is 39.3 Å². The molecule has 0 aromatic carbocycles. The number of carbonyl (C=O) groups is 3. The fourth-order valence-corrected chi connectivity index (χ4v) is 1.13. The fraction of sp³-hybridized carbons (Fsp3) is 0.700. The Balaban J connectivity index is 4.17. The molecule has 7 heteroatoms. The molecule has 0 rings (SSSR count). The van der Waals surface area contributed by atoms with Crippen LogP contribution < -0.4 is 16.0 Å². The number of carboxylic acid groups (broad SMARTS) is 1. The second-order valence-electron chi connectivity index (χ2n) is 3.53. The van der Waals surface area contributed by atoms with Crippen LogP contribution in [0.25, 0.3) is 0 Å². The van der Waals surface area contributed by atoms with E-state index < -0.39 is 24.1 Å². The number of likely N-dealkylation sites (N-methyl/N-ethyl adjacent to an activating group) is 1. The third-order valence-electron chi connectivity index (χ3n) is 2.10. The molecule has 0 spiro atoms. The lowest BCUT2D eigenvalue weighted by Crippen LogP contribution is -2.52. The molecule has 0 heterocycles. The lowest BCUT2D eigenvalue weighted by Gasteiger charge is -2.16. The Bertz CT molecular complexity index is 293.